The Hall–Kier alpha value is -4.11. The van der Waals surface area contributed by atoms with Crippen molar-refractivity contribution in [1.29, 1.82) is 0 Å². The van der Waals surface area contributed by atoms with Gasteiger partial charge in [0.15, 0.2) is 0 Å². The number of piperazine rings is 1. The summed E-state index contributed by atoms with van der Waals surface area (Å²) in [5.41, 5.74) is 4.06. The molecule has 0 spiro atoms. The lowest BCUT2D eigenvalue weighted by atomic mass is 10.1. The largest absolute Gasteiger partial charge is 0.336 e. The van der Waals surface area contributed by atoms with Crippen molar-refractivity contribution in [2.75, 3.05) is 38.0 Å². The molecule has 1 aliphatic rings. The lowest BCUT2D eigenvalue weighted by Gasteiger charge is -2.34. The standard InChI is InChI=1S/C26H25FN6O2/c27-21-9-11-22(12-10-21)28-25(34)18-31-13-15-32(16-14-31)26(35)20-7-5-19(6-8-20)17-33-24-4-2-1-3-23(24)29-30-33/h1-12H,13-18H2,(H,28,34). The number of rotatable bonds is 6. The van der Waals surface area contributed by atoms with Gasteiger partial charge in [-0.3, -0.25) is 14.5 Å². The lowest BCUT2D eigenvalue weighted by molar-refractivity contribution is -0.117. The Morgan fingerprint density at radius 3 is 2.34 bits per heavy atom. The van der Waals surface area contributed by atoms with Crippen LogP contribution in [-0.2, 0) is 11.3 Å². The molecular weight excluding hydrogens is 447 g/mol. The summed E-state index contributed by atoms with van der Waals surface area (Å²) in [6, 6.07) is 21.1. The van der Waals surface area contributed by atoms with Crippen LogP contribution in [0.25, 0.3) is 11.0 Å². The van der Waals surface area contributed by atoms with Crippen molar-refractivity contribution < 1.29 is 14.0 Å². The van der Waals surface area contributed by atoms with Crippen molar-refractivity contribution in [2.45, 2.75) is 6.54 Å². The van der Waals surface area contributed by atoms with Crippen LogP contribution in [0.2, 0.25) is 0 Å². The summed E-state index contributed by atoms with van der Waals surface area (Å²) in [4.78, 5) is 29.1. The first-order valence-corrected chi connectivity index (χ1v) is 11.5. The summed E-state index contributed by atoms with van der Waals surface area (Å²) in [5.74, 6) is -0.521. The molecule has 8 nitrogen and oxygen atoms in total. The molecule has 1 saturated heterocycles. The predicted octanol–water partition coefficient (Wildman–Crippen LogP) is 3.02. The van der Waals surface area contributed by atoms with Crippen molar-refractivity contribution >= 4 is 28.5 Å². The molecule has 0 saturated carbocycles. The quantitative estimate of drug-likeness (QED) is 0.467. The highest BCUT2D eigenvalue weighted by Gasteiger charge is 2.23. The van der Waals surface area contributed by atoms with Crippen molar-refractivity contribution in [1.82, 2.24) is 24.8 Å². The third-order valence-corrected chi connectivity index (χ3v) is 6.11. The minimum Gasteiger partial charge on any atom is -0.336 e. The Morgan fingerprint density at radius 2 is 1.60 bits per heavy atom. The van der Waals surface area contributed by atoms with Crippen molar-refractivity contribution in [3.8, 4) is 0 Å². The van der Waals surface area contributed by atoms with Gasteiger partial charge in [0.1, 0.15) is 11.3 Å². The normalized spacial score (nSPS) is 14.3. The molecule has 2 heterocycles. The Morgan fingerprint density at radius 1 is 0.886 bits per heavy atom. The molecule has 178 valence electrons. The Bertz CT molecular complexity index is 1330. The number of amides is 2. The number of benzene rings is 3. The van der Waals surface area contributed by atoms with E-state index in [0.29, 0.717) is 44.0 Å². The first-order valence-electron chi connectivity index (χ1n) is 11.5. The molecule has 1 aromatic heterocycles. The van der Waals surface area contributed by atoms with Gasteiger partial charge in [0, 0.05) is 37.4 Å². The number of hydrogen-bond donors (Lipinski definition) is 1. The Kier molecular flexibility index (Phi) is 6.49. The van der Waals surface area contributed by atoms with Crippen LogP contribution < -0.4 is 5.32 Å². The van der Waals surface area contributed by atoms with E-state index in [1.807, 2.05) is 63.0 Å². The molecule has 1 aliphatic heterocycles. The monoisotopic (exact) mass is 472 g/mol. The van der Waals surface area contributed by atoms with Gasteiger partial charge in [-0.15, -0.1) is 5.10 Å². The van der Waals surface area contributed by atoms with Gasteiger partial charge >= 0.3 is 0 Å². The highest BCUT2D eigenvalue weighted by atomic mass is 19.1. The van der Waals surface area contributed by atoms with Gasteiger partial charge < -0.3 is 10.2 Å². The van der Waals surface area contributed by atoms with E-state index in [1.54, 1.807) is 0 Å². The molecule has 0 aliphatic carbocycles. The predicted molar refractivity (Wildman–Crippen MR) is 130 cm³/mol. The van der Waals surface area contributed by atoms with Crippen LogP contribution in [0.3, 0.4) is 0 Å². The number of para-hydroxylation sites is 1. The van der Waals surface area contributed by atoms with Crippen molar-refractivity contribution in [3.63, 3.8) is 0 Å². The zero-order chi connectivity index (χ0) is 24.2. The molecule has 0 unspecified atom stereocenters. The van der Waals surface area contributed by atoms with E-state index in [0.717, 1.165) is 16.6 Å². The number of halogens is 1. The second kappa shape index (κ2) is 10.0. The van der Waals surface area contributed by atoms with Crippen molar-refractivity contribution in [3.05, 3.63) is 89.7 Å². The van der Waals surface area contributed by atoms with E-state index < -0.39 is 0 Å². The summed E-state index contributed by atoms with van der Waals surface area (Å²) in [6.07, 6.45) is 0. The Labute approximate surface area is 201 Å². The van der Waals surface area contributed by atoms with Gasteiger partial charge in [-0.05, 0) is 54.1 Å². The summed E-state index contributed by atoms with van der Waals surface area (Å²) in [7, 11) is 0. The maximum Gasteiger partial charge on any atom is 0.253 e. The van der Waals surface area contributed by atoms with Crippen LogP contribution in [0.1, 0.15) is 15.9 Å². The molecular formula is C26H25FN6O2. The minimum absolute atomic E-state index is 0.0156. The smallest absolute Gasteiger partial charge is 0.253 e. The second-order valence-electron chi connectivity index (χ2n) is 8.56. The highest BCUT2D eigenvalue weighted by Crippen LogP contribution is 2.15. The highest BCUT2D eigenvalue weighted by molar-refractivity contribution is 5.94. The van der Waals surface area contributed by atoms with Crippen LogP contribution in [0, 0.1) is 5.82 Å². The van der Waals surface area contributed by atoms with E-state index in [1.165, 1.54) is 24.3 Å². The third kappa shape index (κ3) is 5.36. The third-order valence-electron chi connectivity index (χ3n) is 6.11. The molecule has 1 fully saturated rings. The van der Waals surface area contributed by atoms with E-state index in [9.17, 15) is 14.0 Å². The van der Waals surface area contributed by atoms with Gasteiger partial charge in [-0.25, -0.2) is 9.07 Å². The maximum absolute atomic E-state index is 13.0. The van der Waals surface area contributed by atoms with Gasteiger partial charge in [0.05, 0.1) is 18.6 Å². The molecule has 3 aromatic carbocycles. The first kappa shape index (κ1) is 22.7. The summed E-state index contributed by atoms with van der Waals surface area (Å²) in [5, 5.41) is 11.2. The second-order valence-corrected chi connectivity index (χ2v) is 8.56. The van der Waals surface area contributed by atoms with Crippen LogP contribution in [0.15, 0.2) is 72.8 Å². The fourth-order valence-electron chi connectivity index (χ4n) is 4.19. The molecule has 0 bridgehead atoms. The zero-order valence-electron chi connectivity index (χ0n) is 19.1. The van der Waals surface area contributed by atoms with Gasteiger partial charge in [-0.2, -0.15) is 0 Å². The number of carbonyl (C=O) groups excluding carboxylic acids is 2. The molecule has 0 atom stereocenters. The molecule has 35 heavy (non-hydrogen) atoms. The maximum atomic E-state index is 13.0. The number of nitrogens with one attached hydrogen (secondary N) is 1. The molecule has 1 N–H and O–H groups in total. The lowest BCUT2D eigenvalue weighted by Crippen LogP contribution is -2.50. The number of carbonyl (C=O) groups is 2. The van der Waals surface area contributed by atoms with Gasteiger partial charge in [0.2, 0.25) is 5.91 Å². The minimum atomic E-state index is -0.345. The van der Waals surface area contributed by atoms with E-state index in [4.69, 9.17) is 0 Å². The summed E-state index contributed by atoms with van der Waals surface area (Å²) >= 11 is 0. The van der Waals surface area contributed by atoms with Crippen LogP contribution in [0.5, 0.6) is 0 Å². The Balaban J connectivity index is 1.12. The fourth-order valence-corrected chi connectivity index (χ4v) is 4.19. The topological polar surface area (TPSA) is 83.4 Å². The van der Waals surface area contributed by atoms with E-state index >= 15 is 0 Å². The van der Waals surface area contributed by atoms with E-state index in [-0.39, 0.29) is 24.2 Å². The van der Waals surface area contributed by atoms with E-state index in [2.05, 4.69) is 15.6 Å². The summed E-state index contributed by atoms with van der Waals surface area (Å²) < 4.78 is 14.9. The first-order chi connectivity index (χ1) is 17.0. The molecule has 2 amide bonds. The summed E-state index contributed by atoms with van der Waals surface area (Å²) in [6.45, 7) is 3.13. The number of hydrogen-bond acceptors (Lipinski definition) is 5. The van der Waals surface area contributed by atoms with Crippen LogP contribution in [0.4, 0.5) is 10.1 Å². The molecule has 5 rings (SSSR count). The van der Waals surface area contributed by atoms with Gasteiger partial charge in [0.25, 0.3) is 5.91 Å². The molecule has 4 aromatic rings. The average molecular weight is 473 g/mol. The molecule has 9 heteroatoms. The number of anilines is 1. The zero-order valence-corrected chi connectivity index (χ0v) is 19.1. The fraction of sp³-hybridized carbons (Fsp3) is 0.231. The van der Waals surface area contributed by atoms with Crippen LogP contribution in [-0.4, -0.2) is 69.3 Å². The average Bonchev–Trinajstić information content (AvgIpc) is 3.29. The van der Waals surface area contributed by atoms with Gasteiger partial charge in [-0.1, -0.05) is 29.5 Å². The SMILES string of the molecule is O=C(CN1CCN(C(=O)c2ccc(Cn3nnc4ccccc43)cc2)CC1)Nc1ccc(F)cc1. The molecule has 0 radical (unpaired) electrons. The number of nitrogens with zero attached hydrogens (tertiary/aromatic N) is 5. The van der Waals surface area contributed by atoms with Crippen molar-refractivity contribution in [2.24, 2.45) is 0 Å². The number of fused-ring (bicyclic) bond motifs is 1. The van der Waals surface area contributed by atoms with Crippen LogP contribution >= 0.6 is 0 Å². The number of aromatic nitrogens is 3.